The van der Waals surface area contributed by atoms with Crippen molar-refractivity contribution >= 4 is 17.0 Å². The monoisotopic (exact) mass is 318 g/mol. The number of nitrogens with zero attached hydrogens (tertiary/aromatic N) is 2. The van der Waals surface area contributed by atoms with Gasteiger partial charge in [0, 0.05) is 28.4 Å². The molecular weight excluding hydrogens is 300 g/mol. The van der Waals surface area contributed by atoms with E-state index in [1.165, 1.54) is 10.9 Å². The first kappa shape index (κ1) is 15.1. The van der Waals surface area contributed by atoms with Crippen LogP contribution in [-0.4, -0.2) is 34.1 Å². The summed E-state index contributed by atoms with van der Waals surface area (Å²) in [6, 6.07) is 11.1. The van der Waals surface area contributed by atoms with Crippen LogP contribution in [-0.2, 0) is 6.54 Å². The highest BCUT2D eigenvalue weighted by atomic mass is 32.1. The summed E-state index contributed by atoms with van der Waals surface area (Å²) in [5, 5.41) is 20.5. The molecule has 0 bridgehead atoms. The van der Waals surface area contributed by atoms with Gasteiger partial charge in [0.25, 0.3) is 5.69 Å². The normalized spacial score (nSPS) is 18.7. The molecule has 0 unspecified atom stereocenters. The highest BCUT2D eigenvalue weighted by Gasteiger charge is 2.24. The van der Waals surface area contributed by atoms with E-state index in [0.717, 1.165) is 30.8 Å². The Bertz CT molecular complexity index is 671. The van der Waals surface area contributed by atoms with Crippen molar-refractivity contribution in [3.05, 3.63) is 51.4 Å². The van der Waals surface area contributed by atoms with Gasteiger partial charge >= 0.3 is 0 Å². The number of nitro benzene ring substituents is 1. The summed E-state index contributed by atoms with van der Waals surface area (Å²) in [7, 11) is 0. The van der Waals surface area contributed by atoms with Gasteiger partial charge in [0.05, 0.1) is 17.1 Å². The van der Waals surface area contributed by atoms with Crippen LogP contribution >= 0.6 is 11.3 Å². The zero-order valence-corrected chi connectivity index (χ0v) is 13.0. The lowest BCUT2D eigenvalue weighted by atomic mass is 10.1. The molecule has 0 spiro atoms. The summed E-state index contributed by atoms with van der Waals surface area (Å²) in [5.41, 5.74) is 0.814. The van der Waals surface area contributed by atoms with E-state index in [4.69, 9.17) is 0 Å². The van der Waals surface area contributed by atoms with Crippen molar-refractivity contribution < 1.29 is 10.0 Å². The largest absolute Gasteiger partial charge is 0.395 e. The second-order valence-electron chi connectivity index (χ2n) is 5.49. The summed E-state index contributed by atoms with van der Waals surface area (Å²) in [4.78, 5) is 15.2. The third kappa shape index (κ3) is 3.04. The van der Waals surface area contributed by atoms with Crippen LogP contribution in [0, 0.1) is 10.1 Å². The van der Waals surface area contributed by atoms with Gasteiger partial charge in [-0.3, -0.25) is 15.0 Å². The molecule has 1 aromatic heterocycles. The Hall–Kier alpha value is -1.76. The minimum absolute atomic E-state index is 0.144. The molecule has 0 radical (unpaired) electrons. The van der Waals surface area contributed by atoms with Gasteiger partial charge in [-0.1, -0.05) is 12.1 Å². The molecule has 1 saturated heterocycles. The van der Waals surface area contributed by atoms with Crippen LogP contribution in [0.4, 0.5) is 5.69 Å². The van der Waals surface area contributed by atoms with Crippen LogP contribution in [0.2, 0.25) is 0 Å². The topological polar surface area (TPSA) is 66.6 Å². The van der Waals surface area contributed by atoms with Crippen molar-refractivity contribution in [2.24, 2.45) is 0 Å². The van der Waals surface area contributed by atoms with Crippen LogP contribution in [0.25, 0.3) is 10.4 Å². The highest BCUT2D eigenvalue weighted by Crippen LogP contribution is 2.35. The first-order valence-electron chi connectivity index (χ1n) is 7.36. The first-order valence-corrected chi connectivity index (χ1v) is 8.18. The molecule has 5 nitrogen and oxygen atoms in total. The number of benzene rings is 1. The van der Waals surface area contributed by atoms with E-state index in [9.17, 15) is 15.2 Å². The Kier molecular flexibility index (Phi) is 4.52. The van der Waals surface area contributed by atoms with Crippen molar-refractivity contribution in [3.63, 3.8) is 0 Å². The lowest BCUT2D eigenvalue weighted by Gasteiger charge is -2.21. The van der Waals surface area contributed by atoms with Crippen molar-refractivity contribution in [2.45, 2.75) is 25.4 Å². The summed E-state index contributed by atoms with van der Waals surface area (Å²) in [6.45, 7) is 2.00. The number of rotatable bonds is 5. The molecule has 1 fully saturated rings. The molecule has 22 heavy (non-hydrogen) atoms. The Morgan fingerprint density at radius 3 is 2.91 bits per heavy atom. The van der Waals surface area contributed by atoms with Gasteiger partial charge in [0.1, 0.15) is 0 Å². The maximum absolute atomic E-state index is 11.1. The van der Waals surface area contributed by atoms with Gasteiger partial charge in [-0.2, -0.15) is 0 Å². The van der Waals surface area contributed by atoms with Crippen LogP contribution < -0.4 is 0 Å². The standard InChI is InChI=1S/C16H18N2O3S/c19-11-12-4-3-9-17(12)10-13-7-8-16(22-13)14-5-1-2-6-15(14)18(20)21/h1-2,5-8,12,19H,3-4,9-11H2/t12-/m1/s1. The number of aliphatic hydroxyl groups is 1. The smallest absolute Gasteiger partial charge is 0.278 e. The Labute approximate surface area is 133 Å². The number of para-hydroxylation sites is 1. The molecule has 0 aliphatic carbocycles. The van der Waals surface area contributed by atoms with Gasteiger partial charge in [-0.05, 0) is 37.6 Å². The van der Waals surface area contributed by atoms with E-state index in [-0.39, 0.29) is 23.3 Å². The van der Waals surface area contributed by atoms with Gasteiger partial charge in [-0.25, -0.2) is 0 Å². The maximum Gasteiger partial charge on any atom is 0.278 e. The summed E-state index contributed by atoms with van der Waals surface area (Å²) < 4.78 is 0. The minimum Gasteiger partial charge on any atom is -0.395 e. The molecule has 3 rings (SSSR count). The summed E-state index contributed by atoms with van der Waals surface area (Å²) in [6.07, 6.45) is 2.16. The zero-order valence-electron chi connectivity index (χ0n) is 12.1. The number of hydrogen-bond donors (Lipinski definition) is 1. The number of nitro groups is 1. The van der Waals surface area contributed by atoms with Gasteiger partial charge < -0.3 is 5.11 Å². The van der Waals surface area contributed by atoms with Crippen molar-refractivity contribution in [2.75, 3.05) is 13.2 Å². The summed E-state index contributed by atoms with van der Waals surface area (Å²) >= 11 is 1.59. The maximum atomic E-state index is 11.1. The number of hydrogen-bond acceptors (Lipinski definition) is 5. The lowest BCUT2D eigenvalue weighted by Crippen LogP contribution is -2.31. The van der Waals surface area contributed by atoms with E-state index >= 15 is 0 Å². The molecule has 116 valence electrons. The second-order valence-corrected chi connectivity index (χ2v) is 6.66. The van der Waals surface area contributed by atoms with E-state index in [2.05, 4.69) is 4.90 Å². The fourth-order valence-electron chi connectivity index (χ4n) is 2.96. The Morgan fingerprint density at radius 1 is 1.32 bits per heavy atom. The van der Waals surface area contributed by atoms with E-state index in [0.29, 0.717) is 5.56 Å². The molecule has 0 saturated carbocycles. The Balaban J connectivity index is 1.81. The molecule has 6 heteroatoms. The van der Waals surface area contributed by atoms with Crippen LogP contribution in [0.15, 0.2) is 36.4 Å². The van der Waals surface area contributed by atoms with E-state index in [1.54, 1.807) is 23.5 Å². The quantitative estimate of drug-likeness (QED) is 0.678. The van der Waals surface area contributed by atoms with Gasteiger partial charge in [0.2, 0.25) is 0 Å². The van der Waals surface area contributed by atoms with Crippen LogP contribution in [0.5, 0.6) is 0 Å². The molecule has 0 amide bonds. The zero-order chi connectivity index (χ0) is 15.5. The van der Waals surface area contributed by atoms with Gasteiger partial charge in [0.15, 0.2) is 0 Å². The third-order valence-electron chi connectivity index (χ3n) is 4.10. The average molecular weight is 318 g/mol. The molecular formula is C16H18N2O3S. The predicted molar refractivity (Wildman–Crippen MR) is 86.9 cm³/mol. The van der Waals surface area contributed by atoms with Crippen molar-refractivity contribution in [1.82, 2.24) is 4.90 Å². The average Bonchev–Trinajstić information content (AvgIpc) is 3.16. The number of aliphatic hydroxyl groups excluding tert-OH is 1. The predicted octanol–water partition coefficient (Wildman–Crippen LogP) is 3.28. The van der Waals surface area contributed by atoms with Crippen molar-refractivity contribution in [3.8, 4) is 10.4 Å². The molecule has 1 N–H and O–H groups in total. The fraction of sp³-hybridized carbons (Fsp3) is 0.375. The summed E-state index contributed by atoms with van der Waals surface area (Å²) in [5.74, 6) is 0. The second kappa shape index (κ2) is 6.56. The fourth-order valence-corrected chi connectivity index (χ4v) is 4.03. The minimum atomic E-state index is -0.336. The van der Waals surface area contributed by atoms with E-state index in [1.807, 2.05) is 18.2 Å². The lowest BCUT2D eigenvalue weighted by molar-refractivity contribution is -0.384. The van der Waals surface area contributed by atoms with Gasteiger partial charge in [-0.15, -0.1) is 11.3 Å². The first-order chi connectivity index (χ1) is 10.7. The Morgan fingerprint density at radius 2 is 2.14 bits per heavy atom. The molecule has 2 heterocycles. The highest BCUT2D eigenvalue weighted by molar-refractivity contribution is 7.15. The number of thiophene rings is 1. The molecule has 1 aliphatic heterocycles. The molecule has 1 atom stereocenters. The van der Waals surface area contributed by atoms with Crippen LogP contribution in [0.1, 0.15) is 17.7 Å². The van der Waals surface area contributed by atoms with Crippen molar-refractivity contribution in [1.29, 1.82) is 0 Å². The van der Waals surface area contributed by atoms with Crippen LogP contribution in [0.3, 0.4) is 0 Å². The third-order valence-corrected chi connectivity index (χ3v) is 5.20. The number of likely N-dealkylation sites (tertiary alicyclic amines) is 1. The van der Waals surface area contributed by atoms with E-state index < -0.39 is 0 Å². The SMILES string of the molecule is O=[N+]([O-])c1ccccc1-c1ccc(CN2CCC[C@@H]2CO)s1. The molecule has 2 aromatic rings. The molecule has 1 aliphatic rings. The molecule has 1 aromatic carbocycles.